The second kappa shape index (κ2) is 6.88. The molecule has 0 aromatic rings. The molecule has 0 aromatic heterocycles. The Morgan fingerprint density at radius 2 is 1.56 bits per heavy atom. The molecule has 1 saturated heterocycles. The smallest absolute Gasteiger partial charge is 0.0307 e. The van der Waals surface area contributed by atoms with Gasteiger partial charge in [-0.25, -0.2) is 0 Å². The molecule has 0 amide bonds. The molecule has 0 radical (unpaired) electrons. The van der Waals surface area contributed by atoms with Crippen molar-refractivity contribution in [1.82, 2.24) is 9.80 Å². The van der Waals surface area contributed by atoms with Crippen molar-refractivity contribution in [2.24, 2.45) is 17.6 Å². The van der Waals surface area contributed by atoms with Gasteiger partial charge in [-0.3, -0.25) is 4.90 Å². The maximum atomic E-state index is 6.05. The van der Waals surface area contributed by atoms with Crippen molar-refractivity contribution in [2.75, 3.05) is 39.3 Å². The Morgan fingerprint density at radius 1 is 1.00 bits per heavy atom. The van der Waals surface area contributed by atoms with Crippen LogP contribution in [-0.4, -0.2) is 54.6 Å². The summed E-state index contributed by atoms with van der Waals surface area (Å²) >= 11 is 0. The van der Waals surface area contributed by atoms with Crippen LogP contribution in [-0.2, 0) is 0 Å². The van der Waals surface area contributed by atoms with E-state index in [0.717, 1.165) is 12.5 Å². The molecule has 1 rings (SSSR count). The minimum atomic E-state index is 0.193. The highest BCUT2D eigenvalue weighted by Gasteiger charge is 2.33. The van der Waals surface area contributed by atoms with Crippen molar-refractivity contribution in [3.05, 3.63) is 0 Å². The third kappa shape index (κ3) is 4.52. The van der Waals surface area contributed by atoms with Gasteiger partial charge in [0.15, 0.2) is 0 Å². The van der Waals surface area contributed by atoms with Crippen LogP contribution in [0.3, 0.4) is 0 Å². The molecule has 3 heteroatoms. The molecular weight excluding hydrogens is 222 g/mol. The standard InChI is InChI=1S/C15H33N3/c1-13(2)10-15(5,12-16)18-8-6-17(7-9-18)11-14(3)4/h13-14H,6-12,16H2,1-5H3. The first-order valence-electron chi connectivity index (χ1n) is 7.55. The summed E-state index contributed by atoms with van der Waals surface area (Å²) in [5, 5.41) is 0. The van der Waals surface area contributed by atoms with Crippen LogP contribution in [0.4, 0.5) is 0 Å². The van der Waals surface area contributed by atoms with Gasteiger partial charge < -0.3 is 10.6 Å². The number of hydrogen-bond acceptors (Lipinski definition) is 3. The molecule has 1 atom stereocenters. The van der Waals surface area contributed by atoms with E-state index < -0.39 is 0 Å². The summed E-state index contributed by atoms with van der Waals surface area (Å²) in [5.74, 6) is 1.49. The molecule has 2 N–H and O–H groups in total. The average Bonchev–Trinajstić information content (AvgIpc) is 2.28. The Balaban J connectivity index is 2.49. The van der Waals surface area contributed by atoms with E-state index in [4.69, 9.17) is 5.73 Å². The fourth-order valence-electron chi connectivity index (χ4n) is 3.21. The summed E-state index contributed by atoms with van der Waals surface area (Å²) in [6, 6.07) is 0. The van der Waals surface area contributed by atoms with Gasteiger partial charge in [-0.15, -0.1) is 0 Å². The predicted molar refractivity (Wildman–Crippen MR) is 79.8 cm³/mol. The lowest BCUT2D eigenvalue weighted by molar-refractivity contribution is 0.0309. The minimum Gasteiger partial charge on any atom is -0.329 e. The third-order valence-corrected chi connectivity index (χ3v) is 4.05. The predicted octanol–water partition coefficient (Wildman–Crippen LogP) is 2.02. The number of nitrogens with zero attached hydrogens (tertiary/aromatic N) is 2. The zero-order valence-electron chi connectivity index (χ0n) is 13.1. The van der Waals surface area contributed by atoms with Crippen molar-refractivity contribution in [3.8, 4) is 0 Å². The number of rotatable bonds is 6. The fraction of sp³-hybridized carbons (Fsp3) is 1.00. The molecule has 1 unspecified atom stereocenters. The van der Waals surface area contributed by atoms with Gasteiger partial charge in [-0.1, -0.05) is 27.7 Å². The van der Waals surface area contributed by atoms with Crippen molar-refractivity contribution < 1.29 is 0 Å². The van der Waals surface area contributed by atoms with Crippen LogP contribution in [0, 0.1) is 11.8 Å². The second-order valence-corrected chi connectivity index (χ2v) is 6.98. The van der Waals surface area contributed by atoms with Gasteiger partial charge in [0.25, 0.3) is 0 Å². The molecule has 108 valence electrons. The van der Waals surface area contributed by atoms with Crippen molar-refractivity contribution in [2.45, 2.75) is 46.6 Å². The van der Waals surface area contributed by atoms with E-state index in [-0.39, 0.29) is 5.54 Å². The minimum absolute atomic E-state index is 0.193. The Labute approximate surface area is 114 Å². The van der Waals surface area contributed by atoms with Crippen LogP contribution in [0.1, 0.15) is 41.0 Å². The molecule has 1 fully saturated rings. The van der Waals surface area contributed by atoms with Gasteiger partial charge in [0.05, 0.1) is 0 Å². The van der Waals surface area contributed by atoms with E-state index in [1.165, 1.54) is 39.1 Å². The number of piperazine rings is 1. The molecule has 1 aliphatic rings. The van der Waals surface area contributed by atoms with E-state index in [2.05, 4.69) is 44.4 Å². The van der Waals surface area contributed by atoms with Crippen LogP contribution >= 0.6 is 0 Å². The number of nitrogens with two attached hydrogens (primary N) is 1. The van der Waals surface area contributed by atoms with Crippen molar-refractivity contribution in [3.63, 3.8) is 0 Å². The Kier molecular flexibility index (Phi) is 6.09. The summed E-state index contributed by atoms with van der Waals surface area (Å²) in [4.78, 5) is 5.21. The lowest BCUT2D eigenvalue weighted by Crippen LogP contribution is -2.59. The van der Waals surface area contributed by atoms with Gasteiger partial charge in [-0.2, -0.15) is 0 Å². The summed E-state index contributed by atoms with van der Waals surface area (Å²) in [6.45, 7) is 18.3. The third-order valence-electron chi connectivity index (χ3n) is 4.05. The second-order valence-electron chi connectivity index (χ2n) is 6.98. The van der Waals surface area contributed by atoms with Gasteiger partial charge in [-0.05, 0) is 25.2 Å². The molecule has 0 spiro atoms. The van der Waals surface area contributed by atoms with Gasteiger partial charge in [0, 0.05) is 44.8 Å². The molecular formula is C15H33N3. The Morgan fingerprint density at radius 3 is 1.94 bits per heavy atom. The largest absolute Gasteiger partial charge is 0.329 e. The molecule has 0 saturated carbocycles. The zero-order chi connectivity index (χ0) is 13.8. The van der Waals surface area contributed by atoms with E-state index in [9.17, 15) is 0 Å². The maximum absolute atomic E-state index is 6.05. The first kappa shape index (κ1) is 15.9. The Bertz CT molecular complexity index is 232. The van der Waals surface area contributed by atoms with Crippen molar-refractivity contribution in [1.29, 1.82) is 0 Å². The van der Waals surface area contributed by atoms with Gasteiger partial charge in [0.2, 0.25) is 0 Å². The van der Waals surface area contributed by atoms with E-state index >= 15 is 0 Å². The van der Waals surface area contributed by atoms with E-state index in [0.29, 0.717) is 5.92 Å². The molecule has 3 nitrogen and oxygen atoms in total. The quantitative estimate of drug-likeness (QED) is 0.788. The molecule has 1 aliphatic heterocycles. The lowest BCUT2D eigenvalue weighted by Gasteiger charge is -2.46. The lowest BCUT2D eigenvalue weighted by atomic mass is 9.88. The topological polar surface area (TPSA) is 32.5 Å². The summed E-state index contributed by atoms with van der Waals surface area (Å²) in [5.41, 5.74) is 6.24. The van der Waals surface area contributed by atoms with Crippen LogP contribution in [0.15, 0.2) is 0 Å². The fourth-order valence-corrected chi connectivity index (χ4v) is 3.21. The average molecular weight is 255 g/mol. The van der Waals surface area contributed by atoms with E-state index in [1.807, 2.05) is 0 Å². The molecule has 18 heavy (non-hydrogen) atoms. The van der Waals surface area contributed by atoms with Crippen LogP contribution in [0.25, 0.3) is 0 Å². The van der Waals surface area contributed by atoms with Crippen LogP contribution in [0.5, 0.6) is 0 Å². The summed E-state index contributed by atoms with van der Waals surface area (Å²) in [7, 11) is 0. The zero-order valence-corrected chi connectivity index (χ0v) is 13.1. The van der Waals surface area contributed by atoms with Crippen LogP contribution < -0.4 is 5.73 Å². The first-order chi connectivity index (χ1) is 8.37. The van der Waals surface area contributed by atoms with Gasteiger partial charge in [0.1, 0.15) is 0 Å². The van der Waals surface area contributed by atoms with Gasteiger partial charge >= 0.3 is 0 Å². The normalized spacial score (nSPS) is 22.7. The van der Waals surface area contributed by atoms with Crippen molar-refractivity contribution >= 4 is 0 Å². The molecule has 0 aliphatic carbocycles. The SMILES string of the molecule is CC(C)CN1CCN(C(C)(CN)CC(C)C)CC1. The molecule has 0 aromatic carbocycles. The Hall–Kier alpha value is -0.120. The maximum Gasteiger partial charge on any atom is 0.0307 e. The summed E-state index contributed by atoms with van der Waals surface area (Å²) in [6.07, 6.45) is 1.20. The molecule has 1 heterocycles. The number of hydrogen-bond donors (Lipinski definition) is 1. The first-order valence-corrected chi connectivity index (χ1v) is 7.55. The highest BCUT2D eigenvalue weighted by molar-refractivity contribution is 4.91. The van der Waals surface area contributed by atoms with Crippen LogP contribution in [0.2, 0.25) is 0 Å². The highest BCUT2D eigenvalue weighted by Crippen LogP contribution is 2.24. The van der Waals surface area contributed by atoms with E-state index in [1.54, 1.807) is 0 Å². The highest BCUT2D eigenvalue weighted by atomic mass is 15.3. The molecule has 0 bridgehead atoms. The summed E-state index contributed by atoms with van der Waals surface area (Å²) < 4.78 is 0. The monoisotopic (exact) mass is 255 g/mol.